The minimum Gasteiger partial charge on any atom is -0.382 e. The Kier molecular flexibility index (Phi) is 3.73. The predicted octanol–water partition coefficient (Wildman–Crippen LogP) is 0.850. The highest BCUT2D eigenvalue weighted by Crippen LogP contribution is 2.20. The molecule has 20 heavy (non-hydrogen) atoms. The Hall–Kier alpha value is -2.38. The number of nitrogens with zero attached hydrogens (tertiary/aromatic N) is 6. The minimum absolute atomic E-state index is 0.190. The molecule has 0 amide bonds. The third-order valence-electron chi connectivity index (χ3n) is 3.23. The number of hydrogen-bond acceptors (Lipinski definition) is 4. The molecule has 0 aromatic carbocycles. The minimum atomic E-state index is -0.215. The van der Waals surface area contributed by atoms with Gasteiger partial charge < -0.3 is 5.73 Å². The number of anilines is 1. The number of azo groups is 1. The number of nitrogen functional groups attached to an aromatic ring is 1. The summed E-state index contributed by atoms with van der Waals surface area (Å²) in [5.41, 5.74) is 5.96. The maximum atomic E-state index is 12.2. The average molecular weight is 278 g/mol. The smallest absolute Gasteiger partial charge is 0.382 e. The lowest BCUT2D eigenvalue weighted by Gasteiger charge is -2.07. The van der Waals surface area contributed by atoms with Crippen molar-refractivity contribution >= 4 is 17.5 Å². The molecule has 2 N–H and O–H groups in total. The van der Waals surface area contributed by atoms with Gasteiger partial charge in [0.1, 0.15) is 0 Å². The second-order valence-corrected chi connectivity index (χ2v) is 4.49. The molecule has 108 valence electrons. The number of imidazole rings is 1. The Morgan fingerprint density at radius 2 is 1.90 bits per heavy atom. The zero-order valence-electron chi connectivity index (χ0n) is 12.2. The highest BCUT2D eigenvalue weighted by molar-refractivity contribution is 5.56. The van der Waals surface area contributed by atoms with Crippen LogP contribution >= 0.6 is 0 Å². The van der Waals surface area contributed by atoms with Crippen molar-refractivity contribution in [1.82, 2.24) is 13.9 Å². The van der Waals surface area contributed by atoms with Gasteiger partial charge in [-0.1, -0.05) is 5.11 Å². The van der Waals surface area contributed by atoms with Gasteiger partial charge in [0.25, 0.3) is 5.56 Å². The van der Waals surface area contributed by atoms with Gasteiger partial charge in [0.15, 0.2) is 5.82 Å². The summed E-state index contributed by atoms with van der Waals surface area (Å²) in [4.78, 5) is 12.2. The van der Waals surface area contributed by atoms with Crippen LogP contribution in [-0.4, -0.2) is 13.9 Å². The fourth-order valence-electron chi connectivity index (χ4n) is 2.16. The Bertz CT molecular complexity index is 685. The Balaban J connectivity index is 2.50. The van der Waals surface area contributed by atoms with Gasteiger partial charge in [0.2, 0.25) is 5.69 Å². The summed E-state index contributed by atoms with van der Waals surface area (Å²) >= 11 is 0. The zero-order valence-corrected chi connectivity index (χ0v) is 12.2. The first-order chi connectivity index (χ1) is 9.51. The molecule has 0 aliphatic heterocycles. The molecule has 0 atom stereocenters. The predicted molar refractivity (Wildman–Crippen MR) is 75.2 cm³/mol. The number of nitrogens with two attached hydrogens (primary N) is 1. The van der Waals surface area contributed by atoms with E-state index in [1.807, 2.05) is 49.5 Å². The van der Waals surface area contributed by atoms with E-state index in [1.54, 1.807) is 9.36 Å². The van der Waals surface area contributed by atoms with Crippen LogP contribution in [0.1, 0.15) is 13.8 Å². The summed E-state index contributed by atoms with van der Waals surface area (Å²) in [6.45, 7) is 4.98. The molecule has 8 nitrogen and oxygen atoms in total. The molecule has 0 spiro atoms. The monoisotopic (exact) mass is 278 g/mol. The molecule has 0 bridgehead atoms. The molecule has 2 aromatic heterocycles. The van der Waals surface area contributed by atoms with Gasteiger partial charge in [-0.2, -0.15) is 0 Å². The molecule has 0 saturated heterocycles. The van der Waals surface area contributed by atoms with Gasteiger partial charge in [-0.05, 0) is 13.8 Å². The van der Waals surface area contributed by atoms with Crippen molar-refractivity contribution in [1.29, 1.82) is 0 Å². The Labute approximate surface area is 116 Å². The number of aromatic nitrogens is 4. The van der Waals surface area contributed by atoms with Gasteiger partial charge in [0, 0.05) is 18.2 Å². The molecule has 2 heterocycles. The topological polar surface area (TPSA) is 86.5 Å². The van der Waals surface area contributed by atoms with Crippen molar-refractivity contribution in [2.45, 2.75) is 26.9 Å². The van der Waals surface area contributed by atoms with Crippen molar-refractivity contribution in [3.63, 3.8) is 0 Å². The number of hydrogen-bond donors (Lipinski definition) is 1. The first kappa shape index (κ1) is 14.0. The summed E-state index contributed by atoms with van der Waals surface area (Å²) in [6, 6.07) is 0. The molecule has 0 fully saturated rings. The summed E-state index contributed by atoms with van der Waals surface area (Å²) in [7, 11) is 3.72. The second kappa shape index (κ2) is 5.32. The summed E-state index contributed by atoms with van der Waals surface area (Å²) in [5.74, 6) is 0.982. The van der Waals surface area contributed by atoms with Crippen molar-refractivity contribution in [2.75, 3.05) is 5.73 Å². The highest BCUT2D eigenvalue weighted by atomic mass is 16.1. The van der Waals surface area contributed by atoms with Crippen LogP contribution in [0.2, 0.25) is 0 Å². The quantitative estimate of drug-likeness (QED) is 0.664. The zero-order chi connectivity index (χ0) is 14.9. The molecule has 8 heteroatoms. The van der Waals surface area contributed by atoms with Gasteiger partial charge in [-0.25, -0.2) is 13.8 Å². The highest BCUT2D eigenvalue weighted by Gasteiger charge is 2.18. The normalized spacial score (nSPS) is 11.6. The van der Waals surface area contributed by atoms with Crippen molar-refractivity contribution in [3.8, 4) is 0 Å². The maximum absolute atomic E-state index is 12.2. The Morgan fingerprint density at radius 1 is 1.25 bits per heavy atom. The molecular formula is C12H20N7O+. The van der Waals surface area contributed by atoms with Crippen LogP contribution in [0.4, 0.5) is 17.5 Å². The van der Waals surface area contributed by atoms with Gasteiger partial charge >= 0.3 is 5.95 Å². The van der Waals surface area contributed by atoms with E-state index in [2.05, 4.69) is 10.2 Å². The lowest BCUT2D eigenvalue weighted by atomic mass is 10.5. The van der Waals surface area contributed by atoms with Crippen LogP contribution in [0.3, 0.4) is 0 Å². The second-order valence-electron chi connectivity index (χ2n) is 4.49. The van der Waals surface area contributed by atoms with E-state index in [4.69, 9.17) is 5.73 Å². The van der Waals surface area contributed by atoms with E-state index in [0.29, 0.717) is 24.9 Å². The van der Waals surface area contributed by atoms with E-state index in [1.165, 1.54) is 0 Å². The van der Waals surface area contributed by atoms with Gasteiger partial charge in [0.05, 0.1) is 26.5 Å². The van der Waals surface area contributed by atoms with E-state index in [9.17, 15) is 4.79 Å². The van der Waals surface area contributed by atoms with Gasteiger partial charge in [-0.15, -0.1) is 0 Å². The molecule has 0 radical (unpaired) electrons. The molecule has 0 unspecified atom stereocenters. The van der Waals surface area contributed by atoms with Crippen LogP contribution in [-0.2, 0) is 27.2 Å². The third kappa shape index (κ3) is 2.13. The molecular weight excluding hydrogens is 258 g/mol. The first-order valence-electron chi connectivity index (χ1n) is 6.53. The number of aryl methyl sites for hydroxylation is 2. The molecule has 0 aliphatic carbocycles. The third-order valence-corrected chi connectivity index (χ3v) is 3.23. The largest absolute Gasteiger partial charge is 0.421 e. The fraction of sp³-hybridized carbons (Fsp3) is 0.500. The SMILES string of the molecule is CCn1c(N)c(/N=N/c2n(C)cc[n+]2C)c(=O)n1CC. The lowest BCUT2D eigenvalue weighted by Crippen LogP contribution is -2.25. The first-order valence-corrected chi connectivity index (χ1v) is 6.53. The molecule has 2 rings (SSSR count). The average Bonchev–Trinajstić information content (AvgIpc) is 2.86. The van der Waals surface area contributed by atoms with E-state index < -0.39 is 0 Å². The standard InChI is InChI=1S/C12H19N7O/c1-5-18-10(13)9(11(20)19(18)6-2)14-15-12-16(3)7-8-17(12)4/h7-8,13H,5-6H2,1-4H3/p+1. The lowest BCUT2D eigenvalue weighted by molar-refractivity contribution is -0.657. The van der Waals surface area contributed by atoms with Gasteiger partial charge in [-0.3, -0.25) is 9.48 Å². The molecule has 0 saturated carbocycles. The summed E-state index contributed by atoms with van der Waals surface area (Å²) in [5, 5.41) is 8.18. The van der Waals surface area contributed by atoms with Crippen LogP contribution in [0.15, 0.2) is 27.4 Å². The van der Waals surface area contributed by atoms with Crippen LogP contribution in [0.5, 0.6) is 0 Å². The summed E-state index contributed by atoms with van der Waals surface area (Å²) < 4.78 is 6.90. The molecule has 2 aromatic rings. The fourth-order valence-corrected chi connectivity index (χ4v) is 2.16. The maximum Gasteiger partial charge on any atom is 0.421 e. The number of rotatable bonds is 4. The van der Waals surface area contributed by atoms with Crippen molar-refractivity contribution in [3.05, 3.63) is 22.7 Å². The summed E-state index contributed by atoms with van der Waals surface area (Å²) in [6.07, 6.45) is 3.72. The van der Waals surface area contributed by atoms with Crippen LogP contribution in [0, 0.1) is 0 Å². The van der Waals surface area contributed by atoms with Crippen LogP contribution < -0.4 is 15.9 Å². The Morgan fingerprint density at radius 3 is 2.35 bits per heavy atom. The van der Waals surface area contributed by atoms with Crippen molar-refractivity contribution < 1.29 is 4.57 Å². The van der Waals surface area contributed by atoms with E-state index in [0.717, 1.165) is 0 Å². The van der Waals surface area contributed by atoms with E-state index >= 15 is 0 Å². The molecule has 0 aliphatic rings. The van der Waals surface area contributed by atoms with E-state index in [-0.39, 0.29) is 11.2 Å². The van der Waals surface area contributed by atoms with Crippen LogP contribution in [0.25, 0.3) is 0 Å². The van der Waals surface area contributed by atoms with Crippen molar-refractivity contribution in [2.24, 2.45) is 24.3 Å².